The van der Waals surface area contributed by atoms with Gasteiger partial charge in [-0.1, -0.05) is 77.0 Å². The topological polar surface area (TPSA) is 94.1 Å². The van der Waals surface area contributed by atoms with Gasteiger partial charge in [-0.25, -0.2) is 0 Å². The molecular formula is C32H58B2O9P2S2Si2. The third-order valence-corrected chi connectivity index (χ3v) is 19.4. The average molecular weight is 797 g/mol. The third-order valence-electron chi connectivity index (χ3n) is 9.98. The number of hydrogen-bond acceptors (Lipinski definition) is 11. The van der Waals surface area contributed by atoms with E-state index in [9.17, 15) is 5.11 Å². The summed E-state index contributed by atoms with van der Waals surface area (Å²) >= 11 is 8.06. The van der Waals surface area contributed by atoms with Gasteiger partial charge < -0.3 is 42.8 Å². The maximum absolute atomic E-state index is 10.8. The number of ether oxygens (including phenoxy) is 6. The predicted octanol–water partition coefficient (Wildman–Crippen LogP) is 5.17. The molecule has 4 rings (SSSR count). The Labute approximate surface area is 320 Å². The molecule has 4 saturated heterocycles. The van der Waals surface area contributed by atoms with Crippen molar-refractivity contribution in [3.05, 3.63) is 0 Å². The smallest absolute Gasteiger partial charge is 0.271 e. The molecule has 0 aromatic rings. The molecule has 4 aliphatic heterocycles. The van der Waals surface area contributed by atoms with Crippen LogP contribution in [0, 0.1) is 22.9 Å². The van der Waals surface area contributed by atoms with Gasteiger partial charge in [0.1, 0.15) is 37.0 Å². The Kier molecular flexibility index (Phi) is 17.1. The number of fused-ring (bicyclic) bond motifs is 2. The van der Waals surface area contributed by atoms with Crippen LogP contribution in [0.1, 0.15) is 75.7 Å². The van der Waals surface area contributed by atoms with Crippen LogP contribution >= 0.6 is 15.9 Å². The Bertz CT molecular complexity index is 1240. The van der Waals surface area contributed by atoms with Crippen LogP contribution in [0.2, 0.25) is 36.3 Å². The molecule has 0 amide bonds. The van der Waals surface area contributed by atoms with Crippen LogP contribution in [0.4, 0.5) is 0 Å². The van der Waals surface area contributed by atoms with E-state index in [4.69, 9.17) is 43.0 Å². The largest absolute Gasteiger partial charge is 0.442 e. The minimum Gasteiger partial charge on any atom is -0.442 e. The van der Waals surface area contributed by atoms with Gasteiger partial charge in [-0.05, 0) is 79.9 Å². The van der Waals surface area contributed by atoms with Gasteiger partial charge >= 0.3 is 0 Å². The first-order valence-electron chi connectivity index (χ1n) is 19.0. The monoisotopic (exact) mass is 796 g/mol. The molecule has 49 heavy (non-hydrogen) atoms. The van der Waals surface area contributed by atoms with Crippen molar-refractivity contribution in [2.24, 2.45) is 0 Å². The second kappa shape index (κ2) is 20.7. The molecule has 17 heteroatoms. The molecule has 0 aromatic heterocycles. The lowest BCUT2D eigenvalue weighted by molar-refractivity contribution is -0.231. The van der Waals surface area contributed by atoms with Crippen LogP contribution in [0.15, 0.2) is 0 Å². The fraction of sp³-hybridized carbons (Fsp3) is 0.875. The maximum Gasteiger partial charge on any atom is 0.271 e. The molecule has 4 fully saturated rings. The number of rotatable bonds is 12. The van der Waals surface area contributed by atoms with E-state index < -0.39 is 63.7 Å². The van der Waals surface area contributed by atoms with Crippen molar-refractivity contribution >= 4 is 71.7 Å². The fourth-order valence-electron chi connectivity index (χ4n) is 6.48. The summed E-state index contributed by atoms with van der Waals surface area (Å²) in [5.41, 5.74) is 5.08. The minimum absolute atomic E-state index is 0.0214. The molecule has 7 atom stereocenters. The summed E-state index contributed by atoms with van der Waals surface area (Å²) in [5, 5.41) is 10.8. The van der Waals surface area contributed by atoms with E-state index in [-0.39, 0.29) is 35.2 Å². The average Bonchev–Trinajstić information content (AvgIpc) is 3.78. The molecule has 4 heterocycles. The zero-order valence-corrected chi connectivity index (χ0v) is 36.3. The van der Waals surface area contributed by atoms with Gasteiger partial charge in [0.25, 0.3) is 16.0 Å². The van der Waals surface area contributed by atoms with Gasteiger partial charge in [0.05, 0.1) is 13.2 Å². The molecule has 0 saturated carbocycles. The summed E-state index contributed by atoms with van der Waals surface area (Å²) < 4.78 is 71.9. The van der Waals surface area contributed by atoms with Gasteiger partial charge in [0.2, 0.25) is 0 Å². The van der Waals surface area contributed by atoms with Crippen molar-refractivity contribution < 1.29 is 42.8 Å². The summed E-state index contributed by atoms with van der Waals surface area (Å²) in [6.45, 7) is 20.8. The molecule has 0 aromatic carbocycles. The van der Waals surface area contributed by atoms with Crippen molar-refractivity contribution in [2.75, 3.05) is 13.2 Å². The van der Waals surface area contributed by atoms with Gasteiger partial charge in [-0.2, -0.15) is 0 Å². The molecule has 2 radical (unpaired) electrons. The van der Waals surface area contributed by atoms with E-state index in [1.165, 1.54) is 0 Å². The van der Waals surface area contributed by atoms with Crippen LogP contribution in [0.5, 0.6) is 0 Å². The minimum atomic E-state index is -1.71. The predicted molar refractivity (Wildman–Crippen MR) is 213 cm³/mol. The molecular weight excluding hydrogens is 732 g/mol. The Hall–Kier alpha value is 0.364. The number of hydrogen-bond donors (Lipinski definition) is 1. The molecule has 276 valence electrons. The van der Waals surface area contributed by atoms with Crippen molar-refractivity contribution in [3.63, 3.8) is 0 Å². The van der Waals surface area contributed by atoms with Crippen LogP contribution in [-0.2, 0) is 61.3 Å². The van der Waals surface area contributed by atoms with E-state index in [1.54, 1.807) is 13.8 Å². The van der Waals surface area contributed by atoms with Gasteiger partial charge in [0.15, 0.2) is 35.4 Å². The highest BCUT2D eigenvalue weighted by molar-refractivity contribution is 7.89. The van der Waals surface area contributed by atoms with E-state index >= 15 is 0 Å². The molecule has 0 bridgehead atoms. The first-order valence-corrected chi connectivity index (χ1v) is 25.1. The van der Waals surface area contributed by atoms with E-state index in [0.29, 0.717) is 6.42 Å². The van der Waals surface area contributed by atoms with E-state index in [0.717, 1.165) is 52.3 Å². The molecule has 1 N–H and O–H groups in total. The second-order valence-corrected chi connectivity index (χ2v) is 23.4. The Balaban J connectivity index is 0.000000462. The molecule has 2 unspecified atom stereocenters. The van der Waals surface area contributed by atoms with E-state index in [1.807, 2.05) is 13.8 Å². The normalized spacial score (nSPS) is 33.0. The fourth-order valence-corrected chi connectivity index (χ4v) is 11.5. The Morgan fingerprint density at radius 3 is 1.71 bits per heavy atom. The SMILES string of the molecule is [2H]P=S.[2H]P=S.[3H][B]OC[C@@]1(C#C[Si](CC)(CC)CC)O[C@H]2OC(C)(C)OC2[C@@H]1O.[3H][B]OC[C@]1(C#C[Si](CC)(CC)CC)CC2OC(C)(C)O[C@@H]2O1. The molecule has 0 spiro atoms. The highest BCUT2D eigenvalue weighted by Crippen LogP contribution is 2.43. The van der Waals surface area contributed by atoms with Crippen LogP contribution < -0.4 is 0 Å². The van der Waals surface area contributed by atoms with E-state index in [2.05, 4.69) is 88.1 Å². The number of aliphatic hydroxyl groups is 1. The lowest BCUT2D eigenvalue weighted by atomic mass is 9.97. The zero-order chi connectivity index (χ0) is 40.6. The summed E-state index contributed by atoms with van der Waals surface area (Å²) in [6.07, 6.45) is -2.20. The Morgan fingerprint density at radius 2 is 1.24 bits per heavy atom. The first-order chi connectivity index (χ1) is 24.9. The second-order valence-electron chi connectivity index (χ2n) is 13.6. The highest BCUT2D eigenvalue weighted by atomic mass is 32.4. The maximum atomic E-state index is 10.8. The van der Waals surface area contributed by atoms with Gasteiger partial charge in [-0.15, -0.1) is 11.1 Å². The van der Waals surface area contributed by atoms with Crippen molar-refractivity contribution in [2.45, 2.75) is 166 Å². The van der Waals surface area contributed by atoms with Crippen LogP contribution in [0.3, 0.4) is 0 Å². The summed E-state index contributed by atoms with van der Waals surface area (Å²) in [4.78, 5) is 0. The Morgan fingerprint density at radius 1 is 0.776 bits per heavy atom. The standard InChI is InChI=1S/C16H28BO5Si.C16H28BO4Si.2HPS/c1-6-23(7-2,8-3)10-9-16(11-19-17)13(18)12-14(22-16)21-15(4,5)20-12;1-6-22(7-2,8-3)10-9-16(12-18-17)11-13-14(21-16)20-15(4,5)19-13;2*1-2/h12-14,17-18H,6-8,11H2,1-5H3;13-14,17H,6-8,11-12H2,1-5H3;2*1H/t12?,13-,14+,16+;13?,14-,16+;;/m01../s1/i2*17T;2*1D. The first kappa shape index (κ1) is 40.5. The van der Waals surface area contributed by atoms with Crippen LogP contribution in [-0.4, -0.2) is 109 Å². The summed E-state index contributed by atoms with van der Waals surface area (Å²) in [5.74, 6) is 5.14. The van der Waals surface area contributed by atoms with Crippen molar-refractivity contribution in [3.8, 4) is 22.9 Å². The van der Waals surface area contributed by atoms with Crippen molar-refractivity contribution in [1.82, 2.24) is 0 Å². The lowest BCUT2D eigenvalue weighted by Gasteiger charge is -2.30. The summed E-state index contributed by atoms with van der Waals surface area (Å²) in [7, 11) is -1.00. The zero-order valence-electron chi connectivity index (χ0n) is 34.8. The van der Waals surface area contributed by atoms with Gasteiger partial charge in [0, 0.05) is 9.09 Å². The third kappa shape index (κ3) is 11.9. The van der Waals surface area contributed by atoms with Crippen molar-refractivity contribution in [1.29, 1.82) is 5.23 Å². The molecule has 4 aliphatic rings. The molecule has 9 nitrogen and oxygen atoms in total. The van der Waals surface area contributed by atoms with Gasteiger partial charge in [-0.3, -0.25) is 0 Å². The quantitative estimate of drug-likeness (QED) is 0.161. The molecule has 0 aliphatic carbocycles. The lowest BCUT2D eigenvalue weighted by Crippen LogP contribution is -2.48. The van der Waals surface area contributed by atoms with Crippen LogP contribution in [0.25, 0.3) is 0 Å². The summed E-state index contributed by atoms with van der Waals surface area (Å²) in [6, 6.07) is 6.58. The highest BCUT2D eigenvalue weighted by Gasteiger charge is 2.61. The number of aliphatic hydroxyl groups excluding tert-OH is 1.